The third kappa shape index (κ3) is 14.3. The van der Waals surface area contributed by atoms with Crippen LogP contribution in [0.25, 0.3) is 22.1 Å². The SMILES string of the molecule is CC(=O)OCc1nc2cc(Br)c(OCC3CC3)cc2n1COCC[Si](C)(C)C.CC(=O)OCc1nc2cc(OCC3CC3)c(Br)cc2n1COCC[Si](C)(C)C. The van der Waals surface area contributed by atoms with E-state index in [9.17, 15) is 9.59 Å². The van der Waals surface area contributed by atoms with Crippen LogP contribution in [0.5, 0.6) is 11.5 Å². The number of benzene rings is 2. The summed E-state index contributed by atoms with van der Waals surface area (Å²) < 4.78 is 39.9. The fourth-order valence-corrected chi connectivity index (χ4v) is 7.87. The van der Waals surface area contributed by atoms with Gasteiger partial charge < -0.3 is 37.6 Å². The van der Waals surface area contributed by atoms with E-state index in [0.717, 1.165) is 67.8 Å². The van der Waals surface area contributed by atoms with E-state index in [1.54, 1.807) is 0 Å². The maximum atomic E-state index is 11.3. The number of nitrogens with zero attached hydrogens (tertiary/aromatic N) is 4. The average Bonchev–Trinajstić information content (AvgIpc) is 4.04. The number of carbonyl (C=O) groups is 2. The van der Waals surface area contributed by atoms with Gasteiger partial charge in [-0.2, -0.15) is 0 Å². The van der Waals surface area contributed by atoms with Crippen LogP contribution < -0.4 is 9.47 Å². The van der Waals surface area contributed by atoms with Crippen LogP contribution in [-0.2, 0) is 55.2 Å². The molecule has 0 amide bonds. The zero-order chi connectivity index (χ0) is 40.6. The molecule has 2 aromatic carbocycles. The number of hydrogen-bond acceptors (Lipinski definition) is 10. The number of aromatic nitrogens is 4. The summed E-state index contributed by atoms with van der Waals surface area (Å²) in [6.07, 6.45) is 4.98. The number of fused-ring (bicyclic) bond motifs is 2. The van der Waals surface area contributed by atoms with Crippen LogP contribution >= 0.6 is 31.9 Å². The first-order valence-corrected chi connectivity index (χ1v) is 28.5. The van der Waals surface area contributed by atoms with Crippen molar-refractivity contribution >= 4 is 82.0 Å². The quantitative estimate of drug-likeness (QED) is 0.0481. The molecule has 2 fully saturated rings. The third-order valence-electron chi connectivity index (χ3n) is 9.35. The number of carbonyl (C=O) groups excluding carboxylic acids is 2. The Bertz CT molecular complexity index is 1950. The number of imidazole rings is 2. The van der Waals surface area contributed by atoms with E-state index in [-0.39, 0.29) is 25.2 Å². The Morgan fingerprint density at radius 2 is 1.07 bits per heavy atom. The van der Waals surface area contributed by atoms with Crippen molar-refractivity contribution in [1.82, 2.24) is 19.1 Å². The third-order valence-corrected chi connectivity index (χ3v) is 14.0. The molecule has 0 aliphatic heterocycles. The largest absolute Gasteiger partial charge is 0.492 e. The maximum absolute atomic E-state index is 11.3. The summed E-state index contributed by atoms with van der Waals surface area (Å²) in [7, 11) is -2.30. The van der Waals surface area contributed by atoms with Gasteiger partial charge in [-0.3, -0.25) is 9.59 Å². The van der Waals surface area contributed by atoms with Gasteiger partial charge in [0.15, 0.2) is 0 Å². The van der Waals surface area contributed by atoms with Crippen molar-refractivity contribution in [2.24, 2.45) is 11.8 Å². The molecule has 2 heterocycles. The lowest BCUT2D eigenvalue weighted by molar-refractivity contribution is -0.143. The van der Waals surface area contributed by atoms with Crippen molar-refractivity contribution in [2.75, 3.05) is 26.4 Å². The molecule has 2 aromatic heterocycles. The number of rotatable bonds is 20. The fourth-order valence-electron chi connectivity index (χ4n) is 5.47. The Morgan fingerprint density at radius 1 is 0.661 bits per heavy atom. The molecule has 2 aliphatic rings. The molecular formula is C40H58Br2N4O8Si2. The van der Waals surface area contributed by atoms with Crippen LogP contribution in [0, 0.1) is 11.8 Å². The summed E-state index contributed by atoms with van der Waals surface area (Å²) in [4.78, 5) is 31.8. The fraction of sp³-hybridized carbons (Fsp3) is 0.600. The highest BCUT2D eigenvalue weighted by molar-refractivity contribution is 9.11. The smallest absolute Gasteiger partial charge is 0.303 e. The Balaban J connectivity index is 0.000000214. The normalized spacial score (nSPS) is 14.5. The summed E-state index contributed by atoms with van der Waals surface area (Å²) in [6.45, 7) is 20.7. The van der Waals surface area contributed by atoms with E-state index < -0.39 is 16.1 Å². The molecule has 16 heteroatoms. The predicted octanol–water partition coefficient (Wildman–Crippen LogP) is 9.93. The minimum Gasteiger partial charge on any atom is -0.492 e. The molecule has 0 radical (unpaired) electrons. The molecule has 0 unspecified atom stereocenters. The molecule has 12 nitrogen and oxygen atoms in total. The first-order chi connectivity index (χ1) is 26.5. The molecule has 2 aliphatic carbocycles. The van der Waals surface area contributed by atoms with Crippen LogP contribution in [0.15, 0.2) is 33.2 Å². The molecule has 56 heavy (non-hydrogen) atoms. The zero-order valence-electron chi connectivity index (χ0n) is 34.2. The second-order valence-corrected chi connectivity index (χ2v) is 30.2. The molecule has 0 spiro atoms. The standard InChI is InChI=1S/2C20H29BrN2O4Si/c1-14(24)26-12-20-22-17-10-19(27-11-15-5-6-15)16(21)9-18(17)23(20)13-25-7-8-28(2,3)4;1-14(24)26-12-20-22-17-9-16(21)19(27-11-15-5-6-15)10-18(17)23(20)13-25-7-8-28(2,3)4/h2*9-10,15H,5-8,11-13H2,1-4H3. The van der Waals surface area contributed by atoms with E-state index in [1.165, 1.54) is 39.5 Å². The predicted molar refractivity (Wildman–Crippen MR) is 230 cm³/mol. The number of esters is 2. The minimum absolute atomic E-state index is 0.122. The van der Waals surface area contributed by atoms with Crippen LogP contribution in [0.3, 0.4) is 0 Å². The van der Waals surface area contributed by atoms with Crippen LogP contribution in [0.1, 0.15) is 51.2 Å². The second kappa shape index (κ2) is 19.8. The zero-order valence-corrected chi connectivity index (χ0v) is 39.3. The monoisotopic (exact) mass is 936 g/mol. The van der Waals surface area contributed by atoms with Crippen molar-refractivity contribution in [1.29, 1.82) is 0 Å². The van der Waals surface area contributed by atoms with Gasteiger partial charge in [-0.1, -0.05) is 39.3 Å². The van der Waals surface area contributed by atoms with Crippen molar-refractivity contribution in [2.45, 2.75) is 118 Å². The first-order valence-electron chi connectivity index (χ1n) is 19.5. The van der Waals surface area contributed by atoms with E-state index >= 15 is 0 Å². The summed E-state index contributed by atoms with van der Waals surface area (Å²) in [5, 5.41) is 0. The van der Waals surface area contributed by atoms with Crippen LogP contribution in [0.2, 0.25) is 51.4 Å². The van der Waals surface area contributed by atoms with Crippen molar-refractivity contribution < 1.29 is 38.0 Å². The van der Waals surface area contributed by atoms with Crippen LogP contribution in [0.4, 0.5) is 0 Å². The second-order valence-electron chi connectivity index (χ2n) is 17.2. The van der Waals surface area contributed by atoms with Gasteiger partial charge in [0.05, 0.1) is 44.2 Å². The van der Waals surface area contributed by atoms with Crippen molar-refractivity contribution in [3.8, 4) is 11.5 Å². The summed E-state index contributed by atoms with van der Waals surface area (Å²) >= 11 is 7.20. The molecule has 308 valence electrons. The van der Waals surface area contributed by atoms with Gasteiger partial charge in [-0.25, -0.2) is 9.97 Å². The molecule has 2 saturated carbocycles. The van der Waals surface area contributed by atoms with Gasteiger partial charge in [-0.15, -0.1) is 0 Å². The van der Waals surface area contributed by atoms with Gasteiger partial charge in [0.25, 0.3) is 0 Å². The first kappa shape index (κ1) is 44.3. The Kier molecular flexibility index (Phi) is 15.7. The molecule has 0 atom stereocenters. The summed E-state index contributed by atoms with van der Waals surface area (Å²) in [5.41, 5.74) is 3.48. The topological polar surface area (TPSA) is 125 Å². The lowest BCUT2D eigenvalue weighted by atomic mass is 10.3. The molecule has 0 saturated heterocycles. The van der Waals surface area contributed by atoms with Crippen molar-refractivity contribution in [3.63, 3.8) is 0 Å². The summed E-state index contributed by atoms with van der Waals surface area (Å²) in [5.74, 6) is 3.65. The lowest BCUT2D eigenvalue weighted by Gasteiger charge is -2.16. The Hall–Kier alpha value is -2.77. The molecule has 0 N–H and O–H groups in total. The lowest BCUT2D eigenvalue weighted by Crippen LogP contribution is -2.22. The Labute approximate surface area is 349 Å². The van der Waals surface area contributed by atoms with Gasteiger partial charge in [0.1, 0.15) is 49.8 Å². The van der Waals surface area contributed by atoms with E-state index in [0.29, 0.717) is 50.2 Å². The highest BCUT2D eigenvalue weighted by atomic mass is 79.9. The minimum atomic E-state index is -1.15. The molecular weight excluding hydrogens is 880 g/mol. The van der Waals surface area contributed by atoms with Gasteiger partial charge in [0.2, 0.25) is 0 Å². The number of hydrogen-bond donors (Lipinski definition) is 0. The molecule has 4 aromatic rings. The number of halogens is 2. The Morgan fingerprint density at radius 3 is 1.50 bits per heavy atom. The van der Waals surface area contributed by atoms with Gasteiger partial charge in [-0.05, 0) is 93.6 Å². The van der Waals surface area contributed by atoms with E-state index in [1.807, 2.05) is 33.4 Å². The maximum Gasteiger partial charge on any atom is 0.303 e. The van der Waals surface area contributed by atoms with E-state index in [4.69, 9.17) is 28.4 Å². The van der Waals surface area contributed by atoms with Gasteiger partial charge >= 0.3 is 11.9 Å². The average molecular weight is 939 g/mol. The van der Waals surface area contributed by atoms with E-state index in [2.05, 4.69) is 81.1 Å². The highest BCUT2D eigenvalue weighted by Gasteiger charge is 2.24. The van der Waals surface area contributed by atoms with Crippen molar-refractivity contribution in [3.05, 3.63) is 44.9 Å². The van der Waals surface area contributed by atoms with Gasteiger partial charge in [0, 0.05) is 55.3 Å². The molecule has 0 bridgehead atoms. The summed E-state index contributed by atoms with van der Waals surface area (Å²) in [6, 6.07) is 10.1. The highest BCUT2D eigenvalue weighted by Crippen LogP contribution is 2.36. The number of ether oxygens (including phenoxy) is 6. The van der Waals surface area contributed by atoms with Crippen LogP contribution in [-0.4, -0.2) is 73.6 Å². The molecule has 6 rings (SSSR count).